The number of aliphatic hydroxyl groups excluding tert-OH is 5. The fraction of sp³-hybridized carbons (Fsp3) is 0.468. The van der Waals surface area contributed by atoms with Crippen LogP contribution in [-0.2, 0) is 56.7 Å². The van der Waals surface area contributed by atoms with Crippen LogP contribution >= 0.6 is 79.6 Å². The summed E-state index contributed by atoms with van der Waals surface area (Å²) < 4.78 is 172. The molecule has 9 atom stereocenters. The number of halogens is 11. The van der Waals surface area contributed by atoms with Crippen molar-refractivity contribution in [2.75, 3.05) is 38.4 Å². The van der Waals surface area contributed by atoms with Gasteiger partial charge in [0.2, 0.25) is 17.5 Å². The SMILES string of the molecule is CC(C=O)O[Si](C)(C)C(C)(C)C.CC(CO)Nc1cc(Br)cc(F)c1[N+](=O)[O-].CC(N)CO.CC(O)c1nc2c(F)cc(Br)cc2n1C(C)CO.CC(O[Si](C)(C)C(C)(C)C)c1nc2c(F)cc(Br)cc2n1C(C)CO.CC1OCC(C)n2c1nc1c(F)cc(Br)cc12.Cc1ccc(S(=O)(=O)O)cc1.O=CO[O-].O=S(=O)=S(=O)=O.O=[N+]([O-])c1c(F)cc(Br)cc1F.[H-].[K+].[K+].[Na][Na]. The second-order valence-corrected chi connectivity index (χ2v) is 48.8. The zero-order valence-electron chi connectivity index (χ0n) is 77.1. The van der Waals surface area contributed by atoms with Crippen molar-refractivity contribution in [3.63, 3.8) is 0 Å². The van der Waals surface area contributed by atoms with Crippen LogP contribution in [0.25, 0.3) is 33.1 Å². The first-order chi connectivity index (χ1) is 58.9. The minimum atomic E-state index is -4.02. The molecule has 0 fully saturated rings. The van der Waals surface area contributed by atoms with Gasteiger partial charge in [0.15, 0.2) is 34.1 Å². The molecule has 9 N–H and O–H groups in total. The topological polar surface area (TPSA) is 496 Å². The van der Waals surface area contributed by atoms with Crippen molar-refractivity contribution in [3.8, 4) is 0 Å². The predicted octanol–water partition coefficient (Wildman–Crippen LogP) is 10.2. The first-order valence-corrected chi connectivity index (χ1v) is 60.4. The van der Waals surface area contributed by atoms with Crippen LogP contribution in [0.4, 0.5) is 43.4 Å². The molecule has 708 valence electrons. The molecule has 0 amide bonds. The number of ether oxygens (including phenoxy) is 1. The molecule has 1 aliphatic rings. The second kappa shape index (κ2) is 62.5. The molecule has 1 aliphatic heterocycles. The second-order valence-electron chi connectivity index (χ2n) is 30.9. The number of rotatable bonds is 19. The van der Waals surface area contributed by atoms with E-state index in [9.17, 15) is 75.1 Å². The molecule has 0 saturated carbocycles. The summed E-state index contributed by atoms with van der Waals surface area (Å²) in [5.41, 5.74) is 7.27. The molecule has 3 aromatic heterocycles. The van der Waals surface area contributed by atoms with Crippen LogP contribution in [0.3, 0.4) is 0 Å². The van der Waals surface area contributed by atoms with Gasteiger partial charge < -0.3 is 80.2 Å². The van der Waals surface area contributed by atoms with Crippen LogP contribution in [0.15, 0.2) is 112 Å². The number of nitrogens with one attached hydrogen (secondary N) is 1. The number of nitrogens with zero attached hydrogens (tertiary/aromatic N) is 8. The van der Waals surface area contributed by atoms with Crippen LogP contribution in [0.2, 0.25) is 36.3 Å². The van der Waals surface area contributed by atoms with E-state index in [1.807, 2.05) is 44.4 Å². The standard InChI is InChI=1S/C18H28BrFN2O2Si.C12H14BrFN2O2.C12H12BrFN2O.C9H10BrFN2O3.C9H20O2Si.C7H8O3S.C6H2BrF2NO2.C3H9NO.CH2O3.2K.2Na.O4S2.H/c1-11(10-23)22-15-9-13(19)8-14(20)16(15)21-17(22)12(2)24-25(6,7)18(3,4)5;1-6(5-17)16-10-4-8(13)3-9(14)11(10)15-12(16)7(2)18;1-6-5-17-7(2)12-15-11-9(14)3-8(13)4-10(11)16(6)12;1-5(4-14)12-8-3-6(10)2-7(11)9(8)13(15)16;1-8(7-10)11-12(5,6)9(2,3)4;1-6-2-4-7(5-3-6)11(8,9)10;7-3-1-4(8)6(10(11)12)5(9)2-3;1-3(4)2-5;2-1-4-3;;;;;1-5(2)6(3)4;/h8-9,11-12,23H,10H2,1-7H3;3-4,6-7,17-18H,5H2,1-2H3;3-4,6-7H,5H2,1-2H3;2-3,5,12,14H,4H2,1H3;7-8H,1-6H3;2-5H,1H3,(H,8,9,10);1-2H;3,5H,2,4H2,1H3;1,3H;;;;;;/q;;;;;;;;;2*+1;;;;-1/p-1. The fourth-order valence-electron chi connectivity index (χ4n) is 10.2. The number of nitrogens with two attached hydrogens (primary N) is 1. The Labute approximate surface area is 912 Å². The molecular weight excluding hydrogens is 2220 g/mol. The van der Waals surface area contributed by atoms with Crippen molar-refractivity contribution in [2.24, 2.45) is 5.73 Å². The number of aldehydes is 1. The van der Waals surface area contributed by atoms with Crippen molar-refractivity contribution in [1.82, 2.24) is 28.7 Å². The molecule has 130 heavy (non-hydrogen) atoms. The van der Waals surface area contributed by atoms with E-state index in [0.717, 1.165) is 45.9 Å². The van der Waals surface area contributed by atoms with Crippen molar-refractivity contribution in [3.05, 3.63) is 185 Å². The third-order valence-corrected chi connectivity index (χ3v) is 31.5. The van der Waals surface area contributed by atoms with Crippen molar-refractivity contribution < 1.29 is 229 Å². The average Bonchev–Trinajstić information content (AvgIpc) is 1.61. The summed E-state index contributed by atoms with van der Waals surface area (Å²) in [7, 11) is -13.7. The van der Waals surface area contributed by atoms with Gasteiger partial charge in [-0.15, -0.1) is 0 Å². The first-order valence-electron chi connectivity index (χ1n) is 38.5. The molecule has 9 unspecified atom stereocenters. The number of imidazole rings is 3. The van der Waals surface area contributed by atoms with Gasteiger partial charge in [0, 0.05) is 34.4 Å². The molecule has 0 spiro atoms. The minimum absolute atomic E-state index is 0. The molecule has 9 aromatic rings. The van der Waals surface area contributed by atoms with Gasteiger partial charge in [-0.2, -0.15) is 38.4 Å². The molecular formula is C77H105Br5F6K2N10Na2O23S3Si2. The van der Waals surface area contributed by atoms with Crippen LogP contribution < -0.4 is 119 Å². The van der Waals surface area contributed by atoms with Gasteiger partial charge in [0.1, 0.15) is 64.3 Å². The third kappa shape index (κ3) is 43.2. The van der Waals surface area contributed by atoms with Gasteiger partial charge in [0.05, 0.1) is 88.6 Å². The number of hydrogen-bond donors (Lipinski definition) is 8. The van der Waals surface area contributed by atoms with Crippen molar-refractivity contribution >= 4 is 231 Å². The Morgan fingerprint density at radius 2 is 0.969 bits per heavy atom. The molecule has 4 heterocycles. The van der Waals surface area contributed by atoms with E-state index in [-0.39, 0.29) is 222 Å². The summed E-state index contributed by atoms with van der Waals surface area (Å²) in [4.78, 5) is 53.5. The number of nitro benzene ring substituents is 2. The molecule has 0 radical (unpaired) electrons. The Kier molecular flexibility index (Phi) is 63.6. The Hall–Kier alpha value is -1.69. The zero-order chi connectivity index (χ0) is 99.7. The van der Waals surface area contributed by atoms with Gasteiger partial charge in [0.25, 0.3) is 16.6 Å². The molecule has 6 aromatic carbocycles. The van der Waals surface area contributed by atoms with Gasteiger partial charge in [-0.3, -0.25) is 29.6 Å². The Balaban J connectivity index is -0.000000703. The van der Waals surface area contributed by atoms with Crippen LogP contribution in [-0.4, -0.2) is 218 Å². The van der Waals surface area contributed by atoms with Gasteiger partial charge in [-0.05, 0) is 178 Å². The quantitative estimate of drug-likeness (QED) is 0.00709. The molecule has 10 rings (SSSR count). The Bertz CT molecular complexity index is 5520. The fourth-order valence-corrected chi connectivity index (χ4v) is 15.4. The number of nitro groups is 2. The van der Waals surface area contributed by atoms with Gasteiger partial charge in [-0.1, -0.05) is 139 Å². The maximum atomic E-state index is 14.4. The predicted molar refractivity (Wildman–Crippen MR) is 497 cm³/mol. The van der Waals surface area contributed by atoms with Gasteiger partial charge >= 0.3 is 176 Å². The van der Waals surface area contributed by atoms with E-state index in [1.165, 1.54) is 80.0 Å². The normalized spacial score (nSPS) is 14.2. The summed E-state index contributed by atoms with van der Waals surface area (Å²) in [6.45, 7) is 40.1. The number of anilines is 1. The van der Waals surface area contributed by atoms with Crippen molar-refractivity contribution in [1.29, 1.82) is 0 Å². The molecule has 53 heteroatoms. The zero-order valence-corrected chi connectivity index (χ0v) is 98.8. The summed E-state index contributed by atoms with van der Waals surface area (Å²) in [5.74, 6) is -2.63. The number of aliphatic hydroxyl groups is 5. The Morgan fingerprint density at radius 1 is 0.623 bits per heavy atom. The summed E-state index contributed by atoms with van der Waals surface area (Å²) in [5, 5.41) is 77.6. The number of aromatic nitrogens is 6. The van der Waals surface area contributed by atoms with E-state index in [2.05, 4.69) is 184 Å². The van der Waals surface area contributed by atoms with Crippen LogP contribution in [0, 0.1) is 62.1 Å². The molecule has 0 saturated heterocycles. The van der Waals surface area contributed by atoms with E-state index in [1.54, 1.807) is 57.4 Å². The average molecular weight is 2330 g/mol. The Morgan fingerprint density at radius 3 is 1.31 bits per heavy atom. The van der Waals surface area contributed by atoms with E-state index in [4.69, 9.17) is 61.0 Å². The van der Waals surface area contributed by atoms with Gasteiger partial charge in [-0.25, -0.2) is 28.1 Å². The van der Waals surface area contributed by atoms with Crippen LogP contribution in [0.1, 0.15) is 165 Å². The summed E-state index contributed by atoms with van der Waals surface area (Å²) >= 11 is 18.6. The number of hydrogen-bond acceptors (Lipinski definition) is 27. The summed E-state index contributed by atoms with van der Waals surface area (Å²) in [6, 6.07) is 18.9. The van der Waals surface area contributed by atoms with E-state index >= 15 is 0 Å². The maximum absolute atomic E-state index is 14.4. The number of aryl methyl sites for hydroxylation is 1. The van der Waals surface area contributed by atoms with Crippen molar-refractivity contribution in [2.45, 2.75) is 207 Å². The molecule has 0 bridgehead atoms. The third-order valence-electron chi connectivity index (χ3n) is 18.3. The molecule has 33 nitrogen and oxygen atoms in total. The number of carbonyl (C=O) groups is 2. The van der Waals surface area contributed by atoms with E-state index < -0.39 is 102 Å². The number of fused-ring (bicyclic) bond motifs is 5. The summed E-state index contributed by atoms with van der Waals surface area (Å²) in [6.07, 6.45) is -0.603. The monoisotopic (exact) mass is 2320 g/mol. The number of benzene rings is 6. The molecule has 0 aliphatic carbocycles. The number of carbonyl (C=O) groups excluding carboxylic acids is 2. The van der Waals surface area contributed by atoms with E-state index in [0.29, 0.717) is 53.7 Å². The first kappa shape index (κ1) is 132. The van der Waals surface area contributed by atoms with Crippen LogP contribution in [0.5, 0.6) is 0 Å².